The Hall–Kier alpha value is -0.420. The van der Waals surface area contributed by atoms with Crippen LogP contribution >= 0.6 is 38.9 Å². The van der Waals surface area contributed by atoms with E-state index in [2.05, 4.69) is 66.5 Å². The van der Waals surface area contributed by atoms with Crippen LogP contribution in [-0.2, 0) is 5.41 Å². The number of rotatable bonds is 4. The molecule has 0 aliphatic carbocycles. The van der Waals surface area contributed by atoms with E-state index in [0.717, 1.165) is 26.7 Å². The zero-order valence-electron chi connectivity index (χ0n) is 12.7. The Labute approximate surface area is 144 Å². The fourth-order valence-corrected chi connectivity index (χ4v) is 3.67. The second kappa shape index (κ2) is 6.78. The van der Waals surface area contributed by atoms with E-state index in [0.29, 0.717) is 0 Å². The van der Waals surface area contributed by atoms with Crippen molar-refractivity contribution in [3.63, 3.8) is 0 Å². The number of hydrogen-bond acceptors (Lipinski definition) is 3. The minimum Gasteiger partial charge on any atom is -0.305 e. The summed E-state index contributed by atoms with van der Waals surface area (Å²) in [5.74, 6) is 0. The highest BCUT2D eigenvalue weighted by Gasteiger charge is 2.22. The molecule has 2 aromatic rings. The van der Waals surface area contributed by atoms with Crippen LogP contribution < -0.4 is 5.32 Å². The van der Waals surface area contributed by atoms with Gasteiger partial charge < -0.3 is 5.32 Å². The number of nitrogens with one attached hydrogen (secondary N) is 1. The maximum atomic E-state index is 6.09. The van der Waals surface area contributed by atoms with Crippen LogP contribution in [0.3, 0.4) is 0 Å². The van der Waals surface area contributed by atoms with Gasteiger partial charge in [-0.2, -0.15) is 0 Å². The Kier molecular flexibility index (Phi) is 5.47. The van der Waals surface area contributed by atoms with E-state index in [9.17, 15) is 0 Å². The molecule has 0 radical (unpaired) electrons. The average Bonchev–Trinajstić information content (AvgIpc) is 2.89. The summed E-state index contributed by atoms with van der Waals surface area (Å²) in [5.41, 5.74) is 2.38. The lowest BCUT2D eigenvalue weighted by Crippen LogP contribution is -2.22. The van der Waals surface area contributed by atoms with Crippen LogP contribution in [0.25, 0.3) is 0 Å². The van der Waals surface area contributed by atoms with E-state index >= 15 is 0 Å². The fourth-order valence-electron chi connectivity index (χ4n) is 2.01. The first-order valence-electron chi connectivity index (χ1n) is 6.97. The molecule has 1 atom stereocenters. The minimum absolute atomic E-state index is 0.0755. The number of aromatic nitrogens is 1. The molecule has 5 heteroatoms. The van der Waals surface area contributed by atoms with Crippen molar-refractivity contribution in [2.75, 3.05) is 6.54 Å². The fraction of sp³-hybridized carbons (Fsp3) is 0.438. The summed E-state index contributed by atoms with van der Waals surface area (Å²) in [6.07, 6.45) is 0. The summed E-state index contributed by atoms with van der Waals surface area (Å²) in [5, 5.41) is 7.49. The first-order chi connectivity index (χ1) is 9.82. The molecule has 21 heavy (non-hydrogen) atoms. The lowest BCUT2D eigenvalue weighted by Gasteiger charge is -2.18. The zero-order chi connectivity index (χ0) is 15.6. The molecule has 2 rings (SSSR count). The lowest BCUT2D eigenvalue weighted by molar-refractivity contribution is 0.562. The van der Waals surface area contributed by atoms with Gasteiger partial charge in [0.1, 0.15) is 5.01 Å². The Balaban J connectivity index is 2.38. The first-order valence-corrected chi connectivity index (χ1v) is 9.02. The van der Waals surface area contributed by atoms with Gasteiger partial charge in [0.05, 0.1) is 16.8 Å². The van der Waals surface area contributed by atoms with Crippen LogP contribution in [0.15, 0.2) is 28.1 Å². The molecule has 114 valence electrons. The molecule has 0 aliphatic heterocycles. The van der Waals surface area contributed by atoms with Gasteiger partial charge in [-0.25, -0.2) is 4.98 Å². The summed E-state index contributed by atoms with van der Waals surface area (Å²) in [6.45, 7) is 9.55. The molecule has 0 aliphatic rings. The molecule has 2 nitrogen and oxygen atoms in total. The van der Waals surface area contributed by atoms with Gasteiger partial charge in [-0.3, -0.25) is 0 Å². The molecule has 0 spiro atoms. The smallest absolute Gasteiger partial charge is 0.114 e. The predicted octanol–water partition coefficient (Wildman–Crippen LogP) is 5.56. The summed E-state index contributed by atoms with van der Waals surface area (Å²) in [6, 6.07) is 6.14. The summed E-state index contributed by atoms with van der Waals surface area (Å²) in [7, 11) is 0. The van der Waals surface area contributed by atoms with Gasteiger partial charge >= 0.3 is 0 Å². The maximum Gasteiger partial charge on any atom is 0.114 e. The van der Waals surface area contributed by atoms with E-state index in [1.54, 1.807) is 11.3 Å². The standard InChI is InChI=1S/C16H20BrClN2S/c1-5-19-14(10-6-7-12(18)11(17)8-10)15-20-13(9-21-15)16(2,3)4/h6-9,14,19H,5H2,1-4H3. The van der Waals surface area contributed by atoms with E-state index < -0.39 is 0 Å². The molecule has 1 aromatic heterocycles. The topological polar surface area (TPSA) is 24.9 Å². The van der Waals surface area contributed by atoms with Crippen LogP contribution in [0.4, 0.5) is 0 Å². The number of halogens is 2. The van der Waals surface area contributed by atoms with Gasteiger partial charge in [0.25, 0.3) is 0 Å². The predicted molar refractivity (Wildman–Crippen MR) is 95.5 cm³/mol. The van der Waals surface area contributed by atoms with Gasteiger partial charge in [0, 0.05) is 15.3 Å². The van der Waals surface area contributed by atoms with E-state index in [-0.39, 0.29) is 11.5 Å². The molecule has 0 saturated heterocycles. The van der Waals surface area contributed by atoms with Gasteiger partial charge in [0.2, 0.25) is 0 Å². The van der Waals surface area contributed by atoms with Crippen molar-refractivity contribution in [1.29, 1.82) is 0 Å². The third-order valence-corrected chi connectivity index (χ3v) is 5.35. The third-order valence-electron chi connectivity index (χ3n) is 3.22. The maximum absolute atomic E-state index is 6.09. The molecular formula is C16H20BrClN2S. The van der Waals surface area contributed by atoms with E-state index in [4.69, 9.17) is 16.6 Å². The minimum atomic E-state index is 0.0755. The van der Waals surface area contributed by atoms with Crippen molar-refractivity contribution in [1.82, 2.24) is 10.3 Å². The molecule has 0 saturated carbocycles. The SMILES string of the molecule is CCNC(c1ccc(Cl)c(Br)c1)c1nc(C(C)(C)C)cs1. The Bertz CT molecular complexity index is 619. The van der Waals surface area contributed by atoms with Gasteiger partial charge in [-0.05, 0) is 40.2 Å². The van der Waals surface area contributed by atoms with Crippen LogP contribution in [0.1, 0.15) is 50.0 Å². The van der Waals surface area contributed by atoms with Crippen molar-refractivity contribution in [2.24, 2.45) is 0 Å². The number of benzene rings is 1. The third kappa shape index (κ3) is 4.07. The molecule has 0 bridgehead atoms. The normalized spacial score (nSPS) is 13.4. The van der Waals surface area contributed by atoms with Crippen molar-refractivity contribution in [2.45, 2.75) is 39.2 Å². The number of hydrogen-bond donors (Lipinski definition) is 1. The second-order valence-electron chi connectivity index (χ2n) is 5.99. The lowest BCUT2D eigenvalue weighted by atomic mass is 9.93. The van der Waals surface area contributed by atoms with Crippen LogP contribution in [0.5, 0.6) is 0 Å². The van der Waals surface area contributed by atoms with Crippen LogP contribution in [-0.4, -0.2) is 11.5 Å². The second-order valence-corrected chi connectivity index (χ2v) is 8.14. The highest BCUT2D eigenvalue weighted by molar-refractivity contribution is 9.10. The van der Waals surface area contributed by atoms with Crippen LogP contribution in [0, 0.1) is 0 Å². The molecule has 1 heterocycles. The largest absolute Gasteiger partial charge is 0.305 e. The van der Waals surface area contributed by atoms with Gasteiger partial charge in [-0.15, -0.1) is 11.3 Å². The summed E-state index contributed by atoms with van der Waals surface area (Å²) >= 11 is 11.3. The first kappa shape index (κ1) is 16.9. The van der Waals surface area contributed by atoms with Crippen molar-refractivity contribution >= 4 is 38.9 Å². The van der Waals surface area contributed by atoms with Crippen molar-refractivity contribution in [3.05, 3.63) is 49.3 Å². The highest BCUT2D eigenvalue weighted by Crippen LogP contribution is 2.32. The molecule has 0 fully saturated rings. The molecule has 1 N–H and O–H groups in total. The Morgan fingerprint density at radius 1 is 1.38 bits per heavy atom. The van der Waals surface area contributed by atoms with Crippen molar-refractivity contribution in [3.8, 4) is 0 Å². The van der Waals surface area contributed by atoms with Gasteiger partial charge in [-0.1, -0.05) is 45.4 Å². The molecule has 1 aromatic carbocycles. The summed E-state index contributed by atoms with van der Waals surface area (Å²) in [4.78, 5) is 4.84. The summed E-state index contributed by atoms with van der Waals surface area (Å²) < 4.78 is 0.914. The number of thiazole rings is 1. The molecule has 0 amide bonds. The Morgan fingerprint density at radius 3 is 2.62 bits per heavy atom. The van der Waals surface area contributed by atoms with E-state index in [1.165, 1.54) is 5.56 Å². The zero-order valence-corrected chi connectivity index (χ0v) is 15.9. The van der Waals surface area contributed by atoms with Gasteiger partial charge in [0.15, 0.2) is 0 Å². The highest BCUT2D eigenvalue weighted by atomic mass is 79.9. The molecular weight excluding hydrogens is 368 g/mol. The van der Waals surface area contributed by atoms with Crippen LogP contribution in [0.2, 0.25) is 5.02 Å². The average molecular weight is 388 g/mol. The quantitative estimate of drug-likeness (QED) is 0.743. The van der Waals surface area contributed by atoms with E-state index in [1.807, 2.05) is 6.07 Å². The van der Waals surface area contributed by atoms with Crippen molar-refractivity contribution < 1.29 is 0 Å². The number of nitrogens with zero attached hydrogens (tertiary/aromatic N) is 1. The molecule has 1 unspecified atom stereocenters. The Morgan fingerprint density at radius 2 is 2.10 bits per heavy atom. The monoisotopic (exact) mass is 386 g/mol.